The van der Waals surface area contributed by atoms with Gasteiger partial charge in [-0.3, -0.25) is 14.5 Å². The fourth-order valence-electron chi connectivity index (χ4n) is 2.97. The van der Waals surface area contributed by atoms with E-state index < -0.39 is 18.0 Å². The minimum atomic E-state index is -1.15. The van der Waals surface area contributed by atoms with Crippen LogP contribution in [0.5, 0.6) is 0 Å². The van der Waals surface area contributed by atoms with E-state index in [1.165, 1.54) is 0 Å². The van der Waals surface area contributed by atoms with Crippen molar-refractivity contribution >= 4 is 17.8 Å². The van der Waals surface area contributed by atoms with Gasteiger partial charge in [0.2, 0.25) is 5.91 Å². The van der Waals surface area contributed by atoms with Crippen molar-refractivity contribution < 1.29 is 19.5 Å². The van der Waals surface area contributed by atoms with Gasteiger partial charge in [0.25, 0.3) is 0 Å². The number of carboxylic acid groups (broad SMARTS) is 1. The van der Waals surface area contributed by atoms with Crippen molar-refractivity contribution in [2.75, 3.05) is 6.54 Å². The zero-order valence-corrected chi connectivity index (χ0v) is 13.5. The molecule has 1 aliphatic rings. The molecule has 0 saturated heterocycles. The van der Waals surface area contributed by atoms with Crippen LogP contribution in [0.25, 0.3) is 0 Å². The van der Waals surface area contributed by atoms with Crippen LogP contribution < -0.4 is 5.32 Å². The number of Topliss-reactive ketones (excluding diaryl/α,β-unsaturated/α-hetero) is 1. The van der Waals surface area contributed by atoms with Crippen molar-refractivity contribution in [1.82, 2.24) is 10.2 Å². The Morgan fingerprint density at radius 3 is 2.32 bits per heavy atom. The topological polar surface area (TPSA) is 86.7 Å². The summed E-state index contributed by atoms with van der Waals surface area (Å²) in [6.07, 6.45) is -0.850. The van der Waals surface area contributed by atoms with Crippen LogP contribution in [0.15, 0.2) is 54.6 Å². The first-order valence-corrected chi connectivity index (χ1v) is 7.98. The van der Waals surface area contributed by atoms with Crippen LogP contribution in [-0.2, 0) is 17.8 Å². The number of ketones is 1. The van der Waals surface area contributed by atoms with E-state index in [-0.39, 0.29) is 18.9 Å². The highest BCUT2D eigenvalue weighted by molar-refractivity contribution is 6.00. The van der Waals surface area contributed by atoms with Crippen LogP contribution in [-0.4, -0.2) is 40.4 Å². The molecule has 2 aromatic carbocycles. The van der Waals surface area contributed by atoms with Gasteiger partial charge in [-0.1, -0.05) is 54.6 Å². The van der Waals surface area contributed by atoms with Crippen LogP contribution in [0.3, 0.4) is 0 Å². The van der Waals surface area contributed by atoms with E-state index in [0.717, 1.165) is 16.0 Å². The van der Waals surface area contributed by atoms with E-state index in [2.05, 4.69) is 5.32 Å². The first-order chi connectivity index (χ1) is 12.1. The molecular formula is C19H18N2O4. The molecule has 0 spiro atoms. The van der Waals surface area contributed by atoms with E-state index in [1.54, 1.807) is 30.3 Å². The van der Waals surface area contributed by atoms with Gasteiger partial charge in [-0.15, -0.1) is 0 Å². The molecule has 0 fully saturated rings. The lowest BCUT2D eigenvalue weighted by Crippen LogP contribution is -2.52. The van der Waals surface area contributed by atoms with Gasteiger partial charge in [0.05, 0.1) is 13.1 Å². The van der Waals surface area contributed by atoms with Gasteiger partial charge >= 0.3 is 6.09 Å². The number of rotatable bonds is 4. The molecule has 1 heterocycles. The van der Waals surface area contributed by atoms with Crippen LogP contribution in [0, 0.1) is 0 Å². The molecule has 0 saturated carbocycles. The smallest absolute Gasteiger partial charge is 0.408 e. The molecule has 1 aliphatic heterocycles. The quantitative estimate of drug-likeness (QED) is 0.836. The summed E-state index contributed by atoms with van der Waals surface area (Å²) < 4.78 is 0. The van der Waals surface area contributed by atoms with E-state index in [1.807, 2.05) is 24.3 Å². The monoisotopic (exact) mass is 338 g/mol. The Labute approximate surface area is 145 Å². The average Bonchev–Trinajstić information content (AvgIpc) is 2.65. The Hall–Kier alpha value is -3.15. The maximum absolute atomic E-state index is 12.5. The Kier molecular flexibility index (Phi) is 4.79. The fraction of sp³-hybridized carbons (Fsp3) is 0.211. The number of benzene rings is 2. The molecule has 0 radical (unpaired) electrons. The summed E-state index contributed by atoms with van der Waals surface area (Å²) in [5.41, 5.74) is 2.36. The van der Waals surface area contributed by atoms with Gasteiger partial charge in [0.1, 0.15) is 6.04 Å². The third kappa shape index (κ3) is 3.68. The predicted molar refractivity (Wildman–Crippen MR) is 91.3 cm³/mol. The van der Waals surface area contributed by atoms with Gasteiger partial charge in [-0.25, -0.2) is 4.79 Å². The third-order valence-electron chi connectivity index (χ3n) is 4.32. The van der Waals surface area contributed by atoms with Crippen LogP contribution in [0.2, 0.25) is 0 Å². The van der Waals surface area contributed by atoms with Crippen LogP contribution in [0.4, 0.5) is 4.79 Å². The maximum Gasteiger partial charge on any atom is 0.408 e. The minimum absolute atomic E-state index is 0.158. The average molecular weight is 338 g/mol. The Morgan fingerprint density at radius 1 is 1.00 bits per heavy atom. The summed E-state index contributed by atoms with van der Waals surface area (Å²) >= 11 is 0. The Bertz CT molecular complexity index is 804. The normalized spacial score (nSPS) is 16.0. The maximum atomic E-state index is 12.5. The second-order valence-electron chi connectivity index (χ2n) is 5.91. The molecule has 0 aliphatic carbocycles. The molecule has 2 N–H and O–H groups in total. The van der Waals surface area contributed by atoms with Crippen molar-refractivity contribution in [3.8, 4) is 0 Å². The molecule has 2 aromatic rings. The minimum Gasteiger partial charge on any atom is -0.465 e. The summed E-state index contributed by atoms with van der Waals surface area (Å²) in [5.74, 6) is -0.673. The molecule has 6 heteroatoms. The molecule has 1 unspecified atom stereocenters. The van der Waals surface area contributed by atoms with Crippen molar-refractivity contribution in [3.63, 3.8) is 0 Å². The van der Waals surface area contributed by atoms with Crippen LogP contribution >= 0.6 is 0 Å². The number of carbonyl (C=O) groups is 3. The summed E-state index contributed by atoms with van der Waals surface area (Å²) in [6, 6.07) is 15.3. The van der Waals surface area contributed by atoms with Gasteiger partial charge in [-0.05, 0) is 11.1 Å². The van der Waals surface area contributed by atoms with E-state index in [9.17, 15) is 19.5 Å². The van der Waals surface area contributed by atoms with Crippen molar-refractivity contribution in [2.45, 2.75) is 19.0 Å². The van der Waals surface area contributed by atoms with Gasteiger partial charge in [-0.2, -0.15) is 0 Å². The zero-order valence-electron chi connectivity index (χ0n) is 13.5. The molecule has 128 valence electrons. The molecule has 0 aromatic heterocycles. The molecule has 1 atom stereocenters. The molecular weight excluding hydrogens is 320 g/mol. The third-order valence-corrected chi connectivity index (χ3v) is 4.32. The first-order valence-electron chi connectivity index (χ1n) is 7.98. The lowest BCUT2D eigenvalue weighted by Gasteiger charge is -2.33. The highest BCUT2D eigenvalue weighted by Crippen LogP contribution is 2.23. The van der Waals surface area contributed by atoms with Crippen molar-refractivity contribution in [1.29, 1.82) is 0 Å². The molecule has 2 amide bonds. The highest BCUT2D eigenvalue weighted by atomic mass is 16.4. The summed E-state index contributed by atoms with van der Waals surface area (Å²) in [6.45, 7) is 0.00464. The first kappa shape index (κ1) is 16.7. The number of hydrogen-bond acceptors (Lipinski definition) is 3. The fourth-order valence-corrected chi connectivity index (χ4v) is 2.97. The second-order valence-corrected chi connectivity index (χ2v) is 5.91. The lowest BCUT2D eigenvalue weighted by atomic mass is 9.94. The van der Waals surface area contributed by atoms with Gasteiger partial charge in [0, 0.05) is 12.0 Å². The summed E-state index contributed by atoms with van der Waals surface area (Å²) in [4.78, 5) is 37.2. The predicted octanol–water partition coefficient (Wildman–Crippen LogP) is 2.09. The number of nitrogens with zero attached hydrogens (tertiary/aromatic N) is 1. The standard InChI is InChI=1S/C19H18N2O4/c22-17(13-6-2-1-3-7-13)11-20-18(23)16-10-14-8-4-5-9-15(14)12-21(16)19(24)25/h1-9,16H,10-12H2,(H,20,23)(H,24,25). The van der Waals surface area contributed by atoms with E-state index in [0.29, 0.717) is 12.0 Å². The number of hydrogen-bond donors (Lipinski definition) is 2. The van der Waals surface area contributed by atoms with Gasteiger partial charge < -0.3 is 10.4 Å². The molecule has 0 bridgehead atoms. The Morgan fingerprint density at radius 2 is 1.64 bits per heavy atom. The van der Waals surface area contributed by atoms with E-state index in [4.69, 9.17) is 0 Å². The highest BCUT2D eigenvalue weighted by Gasteiger charge is 2.34. The summed E-state index contributed by atoms with van der Waals surface area (Å²) in [5, 5.41) is 12.0. The van der Waals surface area contributed by atoms with Crippen molar-refractivity contribution in [2.24, 2.45) is 0 Å². The molecule has 25 heavy (non-hydrogen) atoms. The Balaban J connectivity index is 1.70. The lowest BCUT2D eigenvalue weighted by molar-refractivity contribution is -0.126. The number of carbonyl (C=O) groups excluding carboxylic acids is 2. The second kappa shape index (κ2) is 7.17. The molecule has 3 rings (SSSR count). The summed E-state index contributed by atoms with van der Waals surface area (Å²) in [7, 11) is 0. The van der Waals surface area contributed by atoms with E-state index >= 15 is 0 Å². The van der Waals surface area contributed by atoms with Crippen LogP contribution in [0.1, 0.15) is 21.5 Å². The number of nitrogens with one attached hydrogen (secondary N) is 1. The largest absolute Gasteiger partial charge is 0.465 e. The number of fused-ring (bicyclic) bond motifs is 1. The number of amides is 2. The van der Waals surface area contributed by atoms with Crippen molar-refractivity contribution in [3.05, 3.63) is 71.3 Å². The zero-order chi connectivity index (χ0) is 17.8. The molecule has 6 nitrogen and oxygen atoms in total. The van der Waals surface area contributed by atoms with Gasteiger partial charge in [0.15, 0.2) is 5.78 Å². The SMILES string of the molecule is O=C(CNC(=O)C1Cc2ccccc2CN1C(=O)O)c1ccccc1.